The second-order valence-corrected chi connectivity index (χ2v) is 8.28. The van der Waals surface area contributed by atoms with Crippen LogP contribution in [0.5, 0.6) is 5.75 Å². The molecule has 0 heterocycles. The van der Waals surface area contributed by atoms with Gasteiger partial charge in [-0.2, -0.15) is 0 Å². The number of sulfonamides is 1. The van der Waals surface area contributed by atoms with Crippen molar-refractivity contribution in [1.29, 1.82) is 0 Å². The third-order valence-electron chi connectivity index (χ3n) is 4.02. The summed E-state index contributed by atoms with van der Waals surface area (Å²) < 4.78 is 44.6. The number of nitrogens with one attached hydrogen (secondary N) is 1. The Hall–Kier alpha value is -2.71. The van der Waals surface area contributed by atoms with Crippen molar-refractivity contribution in [3.8, 4) is 5.75 Å². The van der Waals surface area contributed by atoms with E-state index in [1.807, 2.05) is 0 Å². The summed E-state index contributed by atoms with van der Waals surface area (Å²) >= 11 is 0. The zero-order valence-electron chi connectivity index (χ0n) is 16.0. The molecule has 0 atom stereocenters. The molecule has 1 amide bonds. The van der Waals surface area contributed by atoms with Gasteiger partial charge in [0.2, 0.25) is 15.9 Å². The lowest BCUT2D eigenvalue weighted by molar-refractivity contribution is -0.116. The minimum absolute atomic E-state index is 0.0158. The first-order valence-electron chi connectivity index (χ1n) is 8.55. The topological polar surface area (TPSA) is 75.7 Å². The summed E-state index contributed by atoms with van der Waals surface area (Å²) in [6.45, 7) is 0.285. The Morgan fingerprint density at radius 3 is 2.57 bits per heavy atom. The molecular formula is C20H23FN2O4S. The minimum Gasteiger partial charge on any atom is -0.495 e. The smallest absolute Gasteiger partial charge is 0.246 e. The summed E-state index contributed by atoms with van der Waals surface area (Å²) in [4.78, 5) is 12.0. The van der Waals surface area contributed by atoms with Gasteiger partial charge in [-0.15, -0.1) is 0 Å². The highest BCUT2D eigenvalue weighted by Crippen LogP contribution is 2.27. The number of hydrogen-bond donors (Lipinski definition) is 1. The quantitative estimate of drug-likeness (QED) is 0.684. The minimum atomic E-state index is -3.69. The number of ether oxygens (including phenoxy) is 1. The Labute approximate surface area is 164 Å². The van der Waals surface area contributed by atoms with Gasteiger partial charge >= 0.3 is 0 Å². The molecule has 28 heavy (non-hydrogen) atoms. The van der Waals surface area contributed by atoms with Gasteiger partial charge in [0.1, 0.15) is 16.5 Å². The lowest BCUT2D eigenvalue weighted by Gasteiger charge is -2.15. The zero-order chi connectivity index (χ0) is 20.7. The molecular weight excluding hydrogens is 383 g/mol. The predicted octanol–water partition coefficient (Wildman–Crippen LogP) is 2.46. The summed E-state index contributed by atoms with van der Waals surface area (Å²) in [5, 5.41) is 2.67. The lowest BCUT2D eigenvalue weighted by atomic mass is 10.1. The van der Waals surface area contributed by atoms with Crippen LogP contribution < -0.4 is 10.1 Å². The average molecular weight is 406 g/mol. The summed E-state index contributed by atoms with van der Waals surface area (Å²) in [5.41, 5.74) is 1.06. The van der Waals surface area contributed by atoms with Crippen molar-refractivity contribution in [3.63, 3.8) is 0 Å². The highest BCUT2D eigenvalue weighted by Gasteiger charge is 2.22. The number of methoxy groups -OCH3 is 1. The average Bonchev–Trinajstić information content (AvgIpc) is 2.67. The van der Waals surface area contributed by atoms with E-state index in [0.717, 1.165) is 4.31 Å². The van der Waals surface area contributed by atoms with Gasteiger partial charge in [-0.05, 0) is 41.8 Å². The summed E-state index contributed by atoms with van der Waals surface area (Å²) in [5.74, 6) is -0.440. The molecule has 6 nitrogen and oxygen atoms in total. The maximum atomic E-state index is 13.5. The van der Waals surface area contributed by atoms with E-state index in [9.17, 15) is 17.6 Å². The number of nitrogens with zero attached hydrogens (tertiary/aromatic N) is 1. The standard InChI is InChI=1S/C20H23FN2O4S/c1-23(2)28(25,26)19-14-15(8-10-18(19)27-3)9-11-20(24)22-13-12-16-6-4-5-7-17(16)21/h4-11,14H,12-13H2,1-3H3,(H,22,24)/b11-9+. The number of carbonyl (C=O) groups excluding carboxylic acids is 1. The van der Waals surface area contributed by atoms with Crippen LogP contribution in [0.4, 0.5) is 4.39 Å². The molecule has 8 heteroatoms. The summed E-state index contributed by atoms with van der Waals surface area (Å²) in [6.07, 6.45) is 3.18. The second kappa shape index (κ2) is 9.48. The monoisotopic (exact) mass is 406 g/mol. The fourth-order valence-electron chi connectivity index (χ4n) is 2.45. The molecule has 2 aromatic carbocycles. The van der Waals surface area contributed by atoms with Crippen molar-refractivity contribution in [2.45, 2.75) is 11.3 Å². The van der Waals surface area contributed by atoms with E-state index in [-0.39, 0.29) is 28.9 Å². The third-order valence-corrected chi connectivity index (χ3v) is 5.86. The predicted molar refractivity (Wildman–Crippen MR) is 106 cm³/mol. The van der Waals surface area contributed by atoms with E-state index >= 15 is 0 Å². The van der Waals surface area contributed by atoms with Gasteiger partial charge in [-0.1, -0.05) is 24.3 Å². The van der Waals surface area contributed by atoms with Crippen molar-refractivity contribution in [3.05, 3.63) is 65.5 Å². The summed E-state index contributed by atoms with van der Waals surface area (Å²) in [7, 11) is 0.562. The van der Waals surface area contributed by atoms with Crippen LogP contribution in [0, 0.1) is 5.82 Å². The molecule has 0 radical (unpaired) electrons. The summed E-state index contributed by atoms with van der Waals surface area (Å²) in [6, 6.07) is 11.0. The van der Waals surface area contributed by atoms with Gasteiger partial charge in [0.05, 0.1) is 7.11 Å². The van der Waals surface area contributed by atoms with Gasteiger partial charge in [0.15, 0.2) is 0 Å². The largest absolute Gasteiger partial charge is 0.495 e. The van der Waals surface area contributed by atoms with Crippen LogP contribution in [-0.2, 0) is 21.2 Å². The Bertz CT molecular complexity index is 972. The van der Waals surface area contributed by atoms with Crippen LogP contribution in [0.2, 0.25) is 0 Å². The maximum absolute atomic E-state index is 13.5. The first kappa shape index (κ1) is 21.6. The number of halogens is 1. The van der Waals surface area contributed by atoms with Gasteiger partial charge in [-0.3, -0.25) is 4.79 Å². The Morgan fingerprint density at radius 2 is 1.93 bits per heavy atom. The Balaban J connectivity index is 2.05. The van der Waals surface area contributed by atoms with Crippen LogP contribution in [-0.4, -0.2) is 46.4 Å². The molecule has 2 rings (SSSR count). The normalized spacial score (nSPS) is 11.8. The van der Waals surface area contributed by atoms with E-state index in [1.54, 1.807) is 24.3 Å². The molecule has 0 spiro atoms. The molecule has 150 valence electrons. The van der Waals surface area contributed by atoms with Gasteiger partial charge in [0, 0.05) is 26.7 Å². The molecule has 0 aliphatic rings. The molecule has 1 N–H and O–H groups in total. The molecule has 0 aliphatic carbocycles. The first-order chi connectivity index (χ1) is 13.3. The van der Waals surface area contributed by atoms with E-state index in [2.05, 4.69) is 5.32 Å². The molecule has 0 aliphatic heterocycles. The zero-order valence-corrected chi connectivity index (χ0v) is 16.8. The van der Waals surface area contributed by atoms with E-state index in [0.29, 0.717) is 17.5 Å². The fourth-order valence-corrected chi connectivity index (χ4v) is 3.53. The Kier molecular flexibility index (Phi) is 7.31. The number of benzene rings is 2. The van der Waals surface area contributed by atoms with Gasteiger partial charge in [-0.25, -0.2) is 17.1 Å². The van der Waals surface area contributed by atoms with Crippen LogP contribution >= 0.6 is 0 Å². The van der Waals surface area contributed by atoms with E-state index < -0.39 is 10.0 Å². The first-order valence-corrected chi connectivity index (χ1v) is 9.99. The number of amides is 1. The van der Waals surface area contributed by atoms with E-state index in [1.165, 1.54) is 51.6 Å². The Morgan fingerprint density at radius 1 is 1.21 bits per heavy atom. The molecule has 0 aromatic heterocycles. The van der Waals surface area contributed by atoms with Gasteiger partial charge in [0.25, 0.3) is 0 Å². The maximum Gasteiger partial charge on any atom is 0.246 e. The fraction of sp³-hybridized carbons (Fsp3) is 0.250. The van der Waals surface area contributed by atoms with Crippen molar-refractivity contribution in [1.82, 2.24) is 9.62 Å². The highest BCUT2D eigenvalue weighted by molar-refractivity contribution is 7.89. The van der Waals surface area contributed by atoms with E-state index in [4.69, 9.17) is 4.74 Å². The van der Waals surface area contributed by atoms with Crippen LogP contribution in [0.1, 0.15) is 11.1 Å². The highest BCUT2D eigenvalue weighted by atomic mass is 32.2. The van der Waals surface area contributed by atoms with Crippen molar-refractivity contribution >= 4 is 22.0 Å². The SMILES string of the molecule is COc1ccc(/C=C/C(=O)NCCc2ccccc2F)cc1S(=O)(=O)N(C)C. The van der Waals surface area contributed by atoms with Crippen molar-refractivity contribution in [2.75, 3.05) is 27.7 Å². The molecule has 0 fully saturated rings. The van der Waals surface area contributed by atoms with Crippen molar-refractivity contribution in [2.24, 2.45) is 0 Å². The lowest BCUT2D eigenvalue weighted by Crippen LogP contribution is -2.23. The number of hydrogen-bond acceptors (Lipinski definition) is 4. The molecule has 0 saturated heterocycles. The van der Waals surface area contributed by atoms with Gasteiger partial charge < -0.3 is 10.1 Å². The van der Waals surface area contributed by atoms with Crippen LogP contribution in [0.3, 0.4) is 0 Å². The van der Waals surface area contributed by atoms with Crippen molar-refractivity contribution < 1.29 is 22.3 Å². The second-order valence-electron chi connectivity index (χ2n) is 6.16. The number of carbonyl (C=O) groups is 1. The molecule has 0 unspecified atom stereocenters. The van der Waals surface area contributed by atoms with Crippen LogP contribution in [0.25, 0.3) is 6.08 Å². The molecule has 2 aromatic rings. The number of rotatable bonds is 8. The third kappa shape index (κ3) is 5.40. The van der Waals surface area contributed by atoms with Crippen LogP contribution in [0.15, 0.2) is 53.4 Å². The molecule has 0 bridgehead atoms. The molecule has 0 saturated carbocycles.